The van der Waals surface area contributed by atoms with Gasteiger partial charge in [-0.15, -0.1) is 11.3 Å². The SMILES string of the molecule is CC(C)[C@@H]1c2nc(CC(=O)Cc3ccc(S(C)(=O)=O)cc3)sc2CN1C(C)c1ccc(C#N)cc1. The third-order valence-electron chi connectivity index (χ3n) is 6.49. The molecule has 2 aromatic carbocycles. The van der Waals surface area contributed by atoms with Gasteiger partial charge in [0.05, 0.1) is 34.7 Å². The predicted octanol–water partition coefficient (Wildman–Crippen LogP) is 5.05. The van der Waals surface area contributed by atoms with E-state index in [2.05, 4.69) is 31.7 Å². The molecule has 6 nitrogen and oxygen atoms in total. The number of rotatable bonds is 8. The van der Waals surface area contributed by atoms with Crippen LogP contribution in [0.5, 0.6) is 0 Å². The molecule has 2 atom stereocenters. The highest BCUT2D eigenvalue weighted by atomic mass is 32.2. The van der Waals surface area contributed by atoms with Crippen molar-refractivity contribution in [3.8, 4) is 6.07 Å². The average molecular weight is 508 g/mol. The van der Waals surface area contributed by atoms with Crippen molar-refractivity contribution in [1.29, 1.82) is 5.26 Å². The van der Waals surface area contributed by atoms with Crippen LogP contribution in [0.1, 0.15) is 65.1 Å². The molecule has 4 rings (SSSR count). The van der Waals surface area contributed by atoms with Gasteiger partial charge in [0.25, 0.3) is 0 Å². The molecule has 0 saturated carbocycles. The van der Waals surface area contributed by atoms with Crippen molar-refractivity contribution in [2.75, 3.05) is 6.26 Å². The Morgan fingerprint density at radius 1 is 1.11 bits per heavy atom. The molecule has 1 aliphatic heterocycles. The molecular formula is C27H29N3O3S2. The first kappa shape index (κ1) is 25.2. The number of sulfone groups is 1. The van der Waals surface area contributed by atoms with Crippen molar-refractivity contribution in [2.45, 2.75) is 57.1 Å². The van der Waals surface area contributed by atoms with Gasteiger partial charge in [-0.2, -0.15) is 5.26 Å². The number of nitriles is 1. The van der Waals surface area contributed by atoms with Gasteiger partial charge in [0.15, 0.2) is 9.84 Å². The van der Waals surface area contributed by atoms with E-state index in [-0.39, 0.29) is 35.6 Å². The number of hydrogen-bond acceptors (Lipinski definition) is 7. The zero-order valence-electron chi connectivity index (χ0n) is 20.4. The predicted molar refractivity (Wildman–Crippen MR) is 137 cm³/mol. The zero-order chi connectivity index (χ0) is 25.3. The summed E-state index contributed by atoms with van der Waals surface area (Å²) in [7, 11) is -3.25. The number of ketones is 1. The van der Waals surface area contributed by atoms with E-state index >= 15 is 0 Å². The van der Waals surface area contributed by atoms with Crippen molar-refractivity contribution in [1.82, 2.24) is 9.88 Å². The third-order valence-corrected chi connectivity index (χ3v) is 8.67. The van der Waals surface area contributed by atoms with Gasteiger partial charge < -0.3 is 0 Å². The summed E-state index contributed by atoms with van der Waals surface area (Å²) in [4.78, 5) is 21.6. The Labute approximate surface area is 211 Å². The quantitative estimate of drug-likeness (QED) is 0.424. The number of carbonyl (C=O) groups is 1. The minimum absolute atomic E-state index is 0.0634. The number of benzene rings is 2. The van der Waals surface area contributed by atoms with Crippen molar-refractivity contribution in [3.05, 3.63) is 80.8 Å². The Morgan fingerprint density at radius 3 is 2.34 bits per heavy atom. The third kappa shape index (κ3) is 5.53. The Bertz CT molecular complexity index is 1370. The van der Waals surface area contributed by atoms with E-state index in [9.17, 15) is 13.2 Å². The Hall–Kier alpha value is -2.86. The van der Waals surface area contributed by atoms with Gasteiger partial charge in [-0.1, -0.05) is 38.1 Å². The lowest BCUT2D eigenvalue weighted by atomic mass is 9.98. The van der Waals surface area contributed by atoms with Crippen LogP contribution in [-0.2, 0) is 34.0 Å². The Balaban J connectivity index is 1.46. The van der Waals surface area contributed by atoms with E-state index in [1.165, 1.54) is 16.7 Å². The summed E-state index contributed by atoms with van der Waals surface area (Å²) in [5, 5.41) is 9.92. The highest BCUT2D eigenvalue weighted by molar-refractivity contribution is 7.90. The molecule has 2 heterocycles. The maximum atomic E-state index is 12.7. The summed E-state index contributed by atoms with van der Waals surface area (Å²) >= 11 is 1.61. The first-order valence-corrected chi connectivity index (χ1v) is 14.3. The molecule has 35 heavy (non-hydrogen) atoms. The van der Waals surface area contributed by atoms with E-state index in [1.807, 2.05) is 24.3 Å². The van der Waals surface area contributed by atoms with Crippen LogP contribution in [0.25, 0.3) is 0 Å². The van der Waals surface area contributed by atoms with Crippen LogP contribution in [-0.4, -0.2) is 30.3 Å². The van der Waals surface area contributed by atoms with Gasteiger partial charge in [-0.3, -0.25) is 9.69 Å². The highest BCUT2D eigenvalue weighted by Gasteiger charge is 2.38. The van der Waals surface area contributed by atoms with Crippen LogP contribution < -0.4 is 0 Å². The van der Waals surface area contributed by atoms with Crippen molar-refractivity contribution < 1.29 is 13.2 Å². The largest absolute Gasteiger partial charge is 0.299 e. The first-order chi connectivity index (χ1) is 16.6. The second-order valence-corrected chi connectivity index (χ2v) is 12.7. The lowest BCUT2D eigenvalue weighted by Gasteiger charge is -2.33. The molecule has 0 amide bonds. The molecule has 182 valence electrons. The van der Waals surface area contributed by atoms with Crippen LogP contribution in [0.4, 0.5) is 0 Å². The summed E-state index contributed by atoms with van der Waals surface area (Å²) in [6, 6.07) is 16.8. The molecule has 1 aromatic heterocycles. The van der Waals surface area contributed by atoms with Gasteiger partial charge in [-0.05, 0) is 48.2 Å². The van der Waals surface area contributed by atoms with Gasteiger partial charge in [0.1, 0.15) is 10.8 Å². The first-order valence-electron chi connectivity index (χ1n) is 11.6. The molecule has 0 aliphatic carbocycles. The number of fused-ring (bicyclic) bond motifs is 1. The van der Waals surface area contributed by atoms with Crippen LogP contribution in [0.2, 0.25) is 0 Å². The van der Waals surface area contributed by atoms with Gasteiger partial charge in [0.2, 0.25) is 0 Å². The number of nitrogens with zero attached hydrogens (tertiary/aromatic N) is 3. The lowest BCUT2D eigenvalue weighted by Crippen LogP contribution is -2.29. The minimum Gasteiger partial charge on any atom is -0.299 e. The molecule has 0 N–H and O–H groups in total. The minimum atomic E-state index is -3.25. The summed E-state index contributed by atoms with van der Waals surface area (Å²) in [6.45, 7) is 7.37. The van der Waals surface area contributed by atoms with Gasteiger partial charge in [-0.25, -0.2) is 13.4 Å². The van der Waals surface area contributed by atoms with Crippen molar-refractivity contribution >= 4 is 27.0 Å². The summed E-state index contributed by atoms with van der Waals surface area (Å²) in [5.74, 6) is 0.421. The molecule has 0 bridgehead atoms. The van der Waals surface area contributed by atoms with E-state index < -0.39 is 9.84 Å². The molecule has 0 spiro atoms. The molecule has 0 fully saturated rings. The fourth-order valence-electron chi connectivity index (χ4n) is 4.67. The number of Topliss-reactive ketones (excluding diaryl/α,β-unsaturated/α-hetero) is 1. The van der Waals surface area contributed by atoms with Gasteiger partial charge >= 0.3 is 0 Å². The Morgan fingerprint density at radius 2 is 1.77 bits per heavy atom. The zero-order valence-corrected chi connectivity index (χ0v) is 22.0. The topological polar surface area (TPSA) is 91.1 Å². The van der Waals surface area contributed by atoms with Crippen molar-refractivity contribution in [3.63, 3.8) is 0 Å². The summed E-state index contributed by atoms with van der Waals surface area (Å²) in [6.07, 6.45) is 1.71. The number of aromatic nitrogens is 1. The second kappa shape index (κ2) is 10.0. The van der Waals surface area contributed by atoms with E-state index in [0.29, 0.717) is 11.5 Å². The number of hydrogen-bond donors (Lipinski definition) is 0. The van der Waals surface area contributed by atoms with E-state index in [1.54, 1.807) is 35.6 Å². The van der Waals surface area contributed by atoms with Gasteiger partial charge in [0, 0.05) is 30.1 Å². The maximum Gasteiger partial charge on any atom is 0.175 e. The maximum absolute atomic E-state index is 12.7. The van der Waals surface area contributed by atoms with Crippen LogP contribution in [0.3, 0.4) is 0 Å². The molecule has 3 aromatic rings. The number of thiazole rings is 1. The van der Waals surface area contributed by atoms with Crippen molar-refractivity contribution in [2.24, 2.45) is 5.92 Å². The van der Waals surface area contributed by atoms with E-state index in [0.717, 1.165) is 22.8 Å². The molecular weight excluding hydrogens is 478 g/mol. The van der Waals surface area contributed by atoms with Crippen LogP contribution >= 0.6 is 11.3 Å². The summed E-state index contributed by atoms with van der Waals surface area (Å²) < 4.78 is 23.3. The fraction of sp³-hybridized carbons (Fsp3) is 0.370. The molecule has 0 saturated heterocycles. The van der Waals surface area contributed by atoms with Crippen LogP contribution in [0, 0.1) is 17.2 Å². The number of carbonyl (C=O) groups excluding carboxylic acids is 1. The normalized spacial score (nSPS) is 16.7. The Kier molecular flexibility index (Phi) is 7.22. The smallest absolute Gasteiger partial charge is 0.175 e. The average Bonchev–Trinajstić information content (AvgIpc) is 3.35. The molecule has 8 heteroatoms. The molecule has 1 unspecified atom stereocenters. The molecule has 0 radical (unpaired) electrons. The second-order valence-electron chi connectivity index (χ2n) is 9.50. The fourth-order valence-corrected chi connectivity index (χ4v) is 6.45. The highest BCUT2D eigenvalue weighted by Crippen LogP contribution is 2.45. The van der Waals surface area contributed by atoms with E-state index in [4.69, 9.17) is 10.2 Å². The summed E-state index contributed by atoms with van der Waals surface area (Å²) in [5.41, 5.74) is 3.70. The lowest BCUT2D eigenvalue weighted by molar-refractivity contribution is -0.117. The monoisotopic (exact) mass is 507 g/mol. The molecule has 1 aliphatic rings. The standard InChI is InChI=1S/C27H29N3O3S2/c1-17(2)27-26-24(16-30(27)18(3)21-9-5-20(15-28)6-10-21)34-25(29-26)14-22(31)13-19-7-11-23(12-8-19)35(4,32)33/h5-12,17-18,27H,13-14,16H2,1-4H3/t18?,27-/m1/s1. The van der Waals surface area contributed by atoms with Crippen LogP contribution in [0.15, 0.2) is 53.4 Å².